The number of hydrogen-bond acceptors (Lipinski definition) is 3. The number of methoxy groups -OCH3 is 1. The molecule has 4 nitrogen and oxygen atoms in total. The van der Waals surface area contributed by atoms with Crippen LogP contribution >= 0.6 is 0 Å². The summed E-state index contributed by atoms with van der Waals surface area (Å²) in [6, 6.07) is 7.43. The number of benzene rings is 1. The molecule has 0 atom stereocenters. The van der Waals surface area contributed by atoms with E-state index in [1.165, 1.54) is 0 Å². The highest BCUT2D eigenvalue weighted by molar-refractivity contribution is 5.89. The second kappa shape index (κ2) is 3.74. The van der Waals surface area contributed by atoms with Crippen LogP contribution in [0.15, 0.2) is 24.3 Å². The van der Waals surface area contributed by atoms with E-state index in [2.05, 4.69) is 0 Å². The second-order valence-corrected chi connectivity index (χ2v) is 3.22. The average Bonchev–Trinajstić information content (AvgIpc) is 2.65. The van der Waals surface area contributed by atoms with E-state index in [0.29, 0.717) is 12.4 Å². The van der Waals surface area contributed by atoms with Crippen LogP contribution in [0.25, 0.3) is 10.9 Å². The number of aldehydes is 1. The van der Waals surface area contributed by atoms with Gasteiger partial charge in [0.15, 0.2) is 6.29 Å². The van der Waals surface area contributed by atoms with Crippen LogP contribution < -0.4 is 10.5 Å². The highest BCUT2D eigenvalue weighted by Gasteiger charge is 2.07. The van der Waals surface area contributed by atoms with E-state index in [-0.39, 0.29) is 0 Å². The van der Waals surface area contributed by atoms with Gasteiger partial charge in [-0.2, -0.15) is 0 Å². The van der Waals surface area contributed by atoms with Gasteiger partial charge in [-0.3, -0.25) is 4.79 Å². The summed E-state index contributed by atoms with van der Waals surface area (Å²) in [4.78, 5) is 10.8. The van der Waals surface area contributed by atoms with Crippen LogP contribution in [0.3, 0.4) is 0 Å². The van der Waals surface area contributed by atoms with E-state index in [4.69, 9.17) is 10.5 Å². The number of hydrogen-bond donors (Lipinski definition) is 1. The maximum atomic E-state index is 10.8. The molecule has 0 aliphatic rings. The summed E-state index contributed by atoms with van der Waals surface area (Å²) in [6.45, 7) is 0.296. The molecular weight excluding hydrogens is 192 g/mol. The fourth-order valence-corrected chi connectivity index (χ4v) is 1.70. The van der Waals surface area contributed by atoms with Crippen molar-refractivity contribution in [1.82, 2.24) is 4.57 Å². The minimum Gasteiger partial charge on any atom is -0.497 e. The normalized spacial score (nSPS) is 10.5. The van der Waals surface area contributed by atoms with Crippen molar-refractivity contribution in [3.63, 3.8) is 0 Å². The van der Waals surface area contributed by atoms with Gasteiger partial charge in [-0.25, -0.2) is 0 Å². The Kier molecular flexibility index (Phi) is 2.43. The van der Waals surface area contributed by atoms with Gasteiger partial charge in [-0.1, -0.05) is 0 Å². The summed E-state index contributed by atoms with van der Waals surface area (Å²) in [5.74, 6) is 0.772. The van der Waals surface area contributed by atoms with Crippen LogP contribution in [-0.4, -0.2) is 18.0 Å². The Morgan fingerprint density at radius 2 is 2.27 bits per heavy atom. The molecule has 0 amide bonds. The van der Waals surface area contributed by atoms with Crippen molar-refractivity contribution in [3.8, 4) is 5.75 Å². The van der Waals surface area contributed by atoms with E-state index in [0.717, 1.165) is 22.9 Å². The van der Waals surface area contributed by atoms with Gasteiger partial charge < -0.3 is 15.0 Å². The molecule has 78 valence electrons. The molecule has 0 unspecified atom stereocenters. The van der Waals surface area contributed by atoms with Crippen molar-refractivity contribution in [2.24, 2.45) is 5.73 Å². The van der Waals surface area contributed by atoms with Gasteiger partial charge in [0.25, 0.3) is 0 Å². The van der Waals surface area contributed by atoms with Crippen molar-refractivity contribution in [1.29, 1.82) is 0 Å². The van der Waals surface area contributed by atoms with Gasteiger partial charge in [0.1, 0.15) is 5.75 Å². The SMILES string of the molecule is COc1ccc2c(c1)cc(C=O)n2CN. The molecule has 0 aliphatic heterocycles. The van der Waals surface area contributed by atoms with Crippen LogP contribution in [0.5, 0.6) is 5.75 Å². The van der Waals surface area contributed by atoms with E-state index >= 15 is 0 Å². The molecular formula is C11H12N2O2. The summed E-state index contributed by atoms with van der Waals surface area (Å²) in [7, 11) is 1.61. The van der Waals surface area contributed by atoms with Crippen molar-refractivity contribution in [3.05, 3.63) is 30.0 Å². The zero-order valence-corrected chi connectivity index (χ0v) is 8.43. The maximum Gasteiger partial charge on any atom is 0.166 e. The molecule has 0 fully saturated rings. The first-order valence-electron chi connectivity index (χ1n) is 4.62. The molecule has 0 saturated heterocycles. The number of nitrogens with zero attached hydrogens (tertiary/aromatic N) is 1. The zero-order valence-electron chi connectivity index (χ0n) is 8.43. The standard InChI is InChI=1S/C11H12N2O2/c1-15-10-2-3-11-8(5-10)4-9(6-14)13(11)7-12/h2-6H,7,12H2,1H3. The smallest absolute Gasteiger partial charge is 0.166 e. The van der Waals surface area contributed by atoms with Crippen LogP contribution in [0, 0.1) is 0 Å². The van der Waals surface area contributed by atoms with Crippen molar-refractivity contribution in [2.75, 3.05) is 7.11 Å². The van der Waals surface area contributed by atoms with Gasteiger partial charge in [-0.15, -0.1) is 0 Å². The lowest BCUT2D eigenvalue weighted by Gasteiger charge is -2.03. The molecule has 4 heteroatoms. The van der Waals surface area contributed by atoms with Gasteiger partial charge in [0.2, 0.25) is 0 Å². The summed E-state index contributed by atoms with van der Waals surface area (Å²) >= 11 is 0. The zero-order chi connectivity index (χ0) is 10.8. The fourth-order valence-electron chi connectivity index (χ4n) is 1.70. The van der Waals surface area contributed by atoms with E-state index in [1.807, 2.05) is 18.2 Å². The Bertz CT molecular complexity index is 503. The van der Waals surface area contributed by atoms with Crippen LogP contribution in [0.2, 0.25) is 0 Å². The second-order valence-electron chi connectivity index (χ2n) is 3.22. The predicted octanol–water partition coefficient (Wildman–Crippen LogP) is 1.38. The molecule has 1 heterocycles. The average molecular weight is 204 g/mol. The quantitative estimate of drug-likeness (QED) is 0.768. The molecule has 0 bridgehead atoms. The van der Waals surface area contributed by atoms with Gasteiger partial charge in [0.05, 0.1) is 19.5 Å². The Hall–Kier alpha value is -1.81. The Balaban J connectivity index is 2.70. The number of ether oxygens (including phenoxy) is 1. The molecule has 0 spiro atoms. The third kappa shape index (κ3) is 1.49. The van der Waals surface area contributed by atoms with Crippen LogP contribution in [0.1, 0.15) is 10.5 Å². The fraction of sp³-hybridized carbons (Fsp3) is 0.182. The maximum absolute atomic E-state index is 10.8. The topological polar surface area (TPSA) is 57.2 Å². The van der Waals surface area contributed by atoms with E-state index in [1.54, 1.807) is 17.7 Å². The molecule has 0 saturated carbocycles. The lowest BCUT2D eigenvalue weighted by atomic mass is 10.2. The number of nitrogens with two attached hydrogens (primary N) is 1. The van der Waals surface area contributed by atoms with Gasteiger partial charge >= 0.3 is 0 Å². The van der Waals surface area contributed by atoms with Gasteiger partial charge in [-0.05, 0) is 24.3 Å². The number of rotatable bonds is 3. The minimum atomic E-state index is 0.296. The summed E-state index contributed by atoms with van der Waals surface area (Å²) in [6.07, 6.45) is 0.805. The van der Waals surface area contributed by atoms with Crippen molar-refractivity contribution >= 4 is 17.2 Å². The molecule has 2 aromatic rings. The summed E-state index contributed by atoms with van der Waals surface area (Å²) in [5.41, 5.74) is 7.11. The molecule has 2 N–H and O–H groups in total. The molecule has 15 heavy (non-hydrogen) atoms. The Labute approximate surface area is 87.2 Å². The highest BCUT2D eigenvalue weighted by Crippen LogP contribution is 2.23. The number of carbonyl (C=O) groups excluding carboxylic acids is 1. The largest absolute Gasteiger partial charge is 0.497 e. The first-order valence-corrected chi connectivity index (χ1v) is 4.62. The Morgan fingerprint density at radius 3 is 2.87 bits per heavy atom. The number of aromatic nitrogens is 1. The van der Waals surface area contributed by atoms with Crippen LogP contribution in [-0.2, 0) is 6.67 Å². The molecule has 2 rings (SSSR count). The van der Waals surface area contributed by atoms with E-state index < -0.39 is 0 Å². The predicted molar refractivity (Wildman–Crippen MR) is 58.1 cm³/mol. The first-order chi connectivity index (χ1) is 7.30. The lowest BCUT2D eigenvalue weighted by Crippen LogP contribution is -2.09. The summed E-state index contributed by atoms with van der Waals surface area (Å²) in [5, 5.41) is 0.960. The summed E-state index contributed by atoms with van der Waals surface area (Å²) < 4.78 is 6.88. The molecule has 1 aromatic carbocycles. The first kappa shape index (κ1) is 9.73. The third-order valence-electron chi connectivity index (χ3n) is 2.44. The lowest BCUT2D eigenvalue weighted by molar-refractivity contribution is 0.111. The third-order valence-corrected chi connectivity index (χ3v) is 2.44. The molecule has 0 aliphatic carbocycles. The Morgan fingerprint density at radius 1 is 1.47 bits per heavy atom. The van der Waals surface area contributed by atoms with E-state index in [9.17, 15) is 4.79 Å². The molecule has 1 aromatic heterocycles. The highest BCUT2D eigenvalue weighted by atomic mass is 16.5. The van der Waals surface area contributed by atoms with Crippen molar-refractivity contribution in [2.45, 2.75) is 6.67 Å². The van der Waals surface area contributed by atoms with Gasteiger partial charge in [0, 0.05) is 10.9 Å². The number of carbonyl (C=O) groups is 1. The van der Waals surface area contributed by atoms with Crippen LogP contribution in [0.4, 0.5) is 0 Å². The monoisotopic (exact) mass is 204 g/mol. The minimum absolute atomic E-state index is 0.296. The van der Waals surface area contributed by atoms with Crippen molar-refractivity contribution < 1.29 is 9.53 Å². The molecule has 0 radical (unpaired) electrons. The number of fused-ring (bicyclic) bond motifs is 1.